The van der Waals surface area contributed by atoms with Crippen LogP contribution in [0.1, 0.15) is 45.2 Å². The first-order chi connectivity index (χ1) is 14.1. The van der Waals surface area contributed by atoms with Crippen LogP contribution >= 0.6 is 11.3 Å². The van der Waals surface area contributed by atoms with Gasteiger partial charge >= 0.3 is 0 Å². The molecule has 0 saturated heterocycles. The zero-order valence-corrected chi connectivity index (χ0v) is 17.3. The Labute approximate surface area is 173 Å². The third-order valence-electron chi connectivity index (χ3n) is 4.82. The van der Waals surface area contributed by atoms with Crippen molar-refractivity contribution >= 4 is 28.6 Å². The fourth-order valence-corrected chi connectivity index (χ4v) is 4.52. The fraction of sp³-hybridized carbons (Fsp3) is 0.500. The van der Waals surface area contributed by atoms with E-state index in [9.17, 15) is 14.9 Å². The number of carbonyl (C=O) groups excluding carboxylic acids is 1. The van der Waals surface area contributed by atoms with Crippen molar-refractivity contribution in [1.29, 1.82) is 0 Å². The van der Waals surface area contributed by atoms with Gasteiger partial charge in [0.25, 0.3) is 11.6 Å². The molecule has 0 aliphatic heterocycles. The van der Waals surface area contributed by atoms with Crippen LogP contribution < -0.4 is 10.6 Å². The van der Waals surface area contributed by atoms with E-state index in [1.54, 1.807) is 30.6 Å². The molecule has 9 heteroatoms. The molecule has 1 aliphatic carbocycles. The Morgan fingerprint density at radius 3 is 2.90 bits per heavy atom. The number of nitrogens with zero attached hydrogens (tertiary/aromatic N) is 2. The van der Waals surface area contributed by atoms with Crippen molar-refractivity contribution in [2.24, 2.45) is 0 Å². The molecule has 0 unspecified atom stereocenters. The molecule has 0 saturated carbocycles. The van der Waals surface area contributed by atoms with Crippen molar-refractivity contribution in [3.8, 4) is 0 Å². The summed E-state index contributed by atoms with van der Waals surface area (Å²) in [4.78, 5) is 29.3. The lowest BCUT2D eigenvalue weighted by Crippen LogP contribution is -2.25. The highest BCUT2D eigenvalue weighted by Gasteiger charge is 2.18. The first-order valence-corrected chi connectivity index (χ1v) is 10.7. The van der Waals surface area contributed by atoms with Gasteiger partial charge in [0.2, 0.25) is 0 Å². The van der Waals surface area contributed by atoms with Gasteiger partial charge in [-0.15, -0.1) is 11.3 Å². The number of ether oxygens (including phenoxy) is 1. The molecule has 156 valence electrons. The Morgan fingerprint density at radius 2 is 2.14 bits per heavy atom. The second kappa shape index (κ2) is 10.3. The Hall–Kier alpha value is -2.52. The number of carbonyl (C=O) groups is 1. The molecule has 29 heavy (non-hydrogen) atoms. The average molecular weight is 419 g/mol. The van der Waals surface area contributed by atoms with E-state index in [1.165, 1.54) is 29.5 Å². The maximum absolute atomic E-state index is 12.4. The maximum atomic E-state index is 12.4. The summed E-state index contributed by atoms with van der Waals surface area (Å²) in [6.07, 6.45) is 6.31. The van der Waals surface area contributed by atoms with Gasteiger partial charge in [-0.2, -0.15) is 0 Å². The monoisotopic (exact) mass is 418 g/mol. The summed E-state index contributed by atoms with van der Waals surface area (Å²) in [6.45, 7) is 1.38. The number of hydrogen-bond donors (Lipinski definition) is 2. The molecule has 2 aromatic rings. The quantitative estimate of drug-likeness (QED) is 0.348. The number of aromatic nitrogens is 1. The minimum atomic E-state index is -0.490. The van der Waals surface area contributed by atoms with Gasteiger partial charge in [-0.05, 0) is 44.2 Å². The molecule has 1 heterocycles. The summed E-state index contributed by atoms with van der Waals surface area (Å²) in [5.41, 5.74) is 1.78. The van der Waals surface area contributed by atoms with Crippen LogP contribution in [0.5, 0.6) is 0 Å². The summed E-state index contributed by atoms with van der Waals surface area (Å²) in [5.74, 6) is -0.310. The lowest BCUT2D eigenvalue weighted by molar-refractivity contribution is -0.384. The zero-order chi connectivity index (χ0) is 20.6. The second-order valence-corrected chi connectivity index (χ2v) is 8.12. The number of benzene rings is 1. The standard InChI is InChI=1S/C20H26N4O4S/c1-28-12-11-21-15-9-8-14(13-17(15)24(26)27)20(25)22-10-4-7-19-23-16-5-2-3-6-18(16)29-19/h8-9,13,21H,2-7,10-12H2,1H3,(H,22,25). The summed E-state index contributed by atoms with van der Waals surface area (Å²) in [7, 11) is 1.56. The number of aryl methyl sites for hydroxylation is 3. The van der Waals surface area contributed by atoms with E-state index >= 15 is 0 Å². The van der Waals surface area contributed by atoms with Crippen LogP contribution in [-0.4, -0.2) is 42.6 Å². The highest BCUT2D eigenvalue weighted by molar-refractivity contribution is 7.11. The molecule has 0 spiro atoms. The van der Waals surface area contributed by atoms with Crippen LogP contribution in [0.2, 0.25) is 0 Å². The highest BCUT2D eigenvalue weighted by Crippen LogP contribution is 2.27. The van der Waals surface area contributed by atoms with Gasteiger partial charge in [0, 0.05) is 43.1 Å². The summed E-state index contributed by atoms with van der Waals surface area (Å²) in [5, 5.41) is 18.3. The predicted octanol–water partition coefficient (Wildman–Crippen LogP) is 3.35. The van der Waals surface area contributed by atoms with E-state index in [0.717, 1.165) is 30.7 Å². The zero-order valence-electron chi connectivity index (χ0n) is 16.5. The molecule has 1 aromatic carbocycles. The summed E-state index contributed by atoms with van der Waals surface area (Å²) >= 11 is 1.79. The van der Waals surface area contributed by atoms with Gasteiger partial charge in [0.15, 0.2) is 0 Å². The molecule has 0 atom stereocenters. The number of methoxy groups -OCH3 is 1. The Morgan fingerprint density at radius 1 is 1.31 bits per heavy atom. The first-order valence-electron chi connectivity index (χ1n) is 9.85. The molecular weight excluding hydrogens is 392 g/mol. The third-order valence-corrected chi connectivity index (χ3v) is 6.04. The van der Waals surface area contributed by atoms with Crippen molar-refractivity contribution < 1.29 is 14.5 Å². The Balaban J connectivity index is 1.51. The number of rotatable bonds is 10. The number of amides is 1. The van der Waals surface area contributed by atoms with Crippen LogP contribution in [0.25, 0.3) is 0 Å². The summed E-state index contributed by atoms with van der Waals surface area (Å²) in [6, 6.07) is 4.45. The molecular formula is C20H26N4O4S. The van der Waals surface area contributed by atoms with Crippen molar-refractivity contribution in [3.05, 3.63) is 49.5 Å². The van der Waals surface area contributed by atoms with Crippen molar-refractivity contribution in [1.82, 2.24) is 10.3 Å². The van der Waals surface area contributed by atoms with Crippen LogP contribution in [-0.2, 0) is 24.0 Å². The maximum Gasteiger partial charge on any atom is 0.293 e. The molecule has 8 nitrogen and oxygen atoms in total. The fourth-order valence-electron chi connectivity index (χ4n) is 3.32. The number of nitro groups is 1. The van der Waals surface area contributed by atoms with E-state index in [-0.39, 0.29) is 17.2 Å². The minimum absolute atomic E-state index is 0.123. The number of hydrogen-bond acceptors (Lipinski definition) is 7. The van der Waals surface area contributed by atoms with Crippen LogP contribution in [0.4, 0.5) is 11.4 Å². The minimum Gasteiger partial charge on any atom is -0.383 e. The third kappa shape index (κ3) is 5.74. The van der Waals surface area contributed by atoms with Crippen LogP contribution in [0.15, 0.2) is 18.2 Å². The van der Waals surface area contributed by atoms with E-state index in [4.69, 9.17) is 9.72 Å². The largest absolute Gasteiger partial charge is 0.383 e. The predicted molar refractivity (Wildman–Crippen MR) is 113 cm³/mol. The van der Waals surface area contributed by atoms with Gasteiger partial charge in [-0.25, -0.2) is 4.98 Å². The number of anilines is 1. The SMILES string of the molecule is COCCNc1ccc(C(=O)NCCCc2nc3c(s2)CCCC3)cc1[N+](=O)[O-]. The number of nitro benzene ring substituents is 1. The average Bonchev–Trinajstić information content (AvgIpc) is 3.14. The van der Waals surface area contributed by atoms with Gasteiger partial charge in [-0.1, -0.05) is 0 Å². The molecule has 3 rings (SSSR count). The highest BCUT2D eigenvalue weighted by atomic mass is 32.1. The Kier molecular flexibility index (Phi) is 7.54. The summed E-state index contributed by atoms with van der Waals surface area (Å²) < 4.78 is 4.94. The van der Waals surface area contributed by atoms with Crippen LogP contribution in [0.3, 0.4) is 0 Å². The molecule has 0 fully saturated rings. The smallest absolute Gasteiger partial charge is 0.293 e. The number of fused-ring (bicyclic) bond motifs is 1. The molecule has 1 amide bonds. The van der Waals surface area contributed by atoms with Gasteiger partial charge < -0.3 is 15.4 Å². The first kappa shape index (κ1) is 21.2. The molecule has 1 aliphatic rings. The van der Waals surface area contributed by atoms with Crippen LogP contribution in [0, 0.1) is 10.1 Å². The lowest BCUT2D eigenvalue weighted by Gasteiger charge is -2.09. The molecule has 0 bridgehead atoms. The van der Waals surface area contributed by atoms with Crippen molar-refractivity contribution in [3.63, 3.8) is 0 Å². The van der Waals surface area contributed by atoms with E-state index in [1.807, 2.05) is 0 Å². The van der Waals surface area contributed by atoms with Crippen molar-refractivity contribution in [2.75, 3.05) is 32.1 Å². The van der Waals surface area contributed by atoms with Gasteiger partial charge in [0.1, 0.15) is 5.69 Å². The lowest BCUT2D eigenvalue weighted by atomic mass is 10.0. The number of thiazole rings is 1. The number of nitrogens with one attached hydrogen (secondary N) is 2. The van der Waals surface area contributed by atoms with E-state index in [0.29, 0.717) is 25.4 Å². The van der Waals surface area contributed by atoms with Gasteiger partial charge in [-0.3, -0.25) is 14.9 Å². The van der Waals surface area contributed by atoms with E-state index < -0.39 is 4.92 Å². The molecule has 2 N–H and O–H groups in total. The topological polar surface area (TPSA) is 106 Å². The van der Waals surface area contributed by atoms with E-state index in [2.05, 4.69) is 10.6 Å². The Bertz CT molecular complexity index is 845. The van der Waals surface area contributed by atoms with Gasteiger partial charge in [0.05, 0.1) is 22.2 Å². The van der Waals surface area contributed by atoms with Crippen molar-refractivity contribution in [2.45, 2.75) is 38.5 Å². The molecule has 1 aromatic heterocycles. The normalized spacial score (nSPS) is 13.0. The molecule has 0 radical (unpaired) electrons. The second-order valence-electron chi connectivity index (χ2n) is 6.95.